The molecule has 2 aliphatic carbocycles. The van der Waals surface area contributed by atoms with E-state index in [2.05, 4.69) is 0 Å². The Labute approximate surface area is 208 Å². The Morgan fingerprint density at radius 2 is 1.94 bits per heavy atom. The number of rotatable bonds is 9. The number of aromatic hydroxyl groups is 1. The van der Waals surface area contributed by atoms with Gasteiger partial charge >= 0.3 is 0 Å². The first kappa shape index (κ1) is 27.2. The van der Waals surface area contributed by atoms with Crippen molar-refractivity contribution in [3.63, 3.8) is 0 Å². The molecule has 1 fully saturated rings. The maximum absolute atomic E-state index is 13.8. The predicted octanol–water partition coefficient (Wildman–Crippen LogP) is -0.158. The van der Waals surface area contributed by atoms with Crippen LogP contribution in [-0.2, 0) is 33.1 Å². The molecule has 0 heterocycles. The summed E-state index contributed by atoms with van der Waals surface area (Å²) in [4.78, 5) is 40.0. The third kappa shape index (κ3) is 4.47. The zero-order chi connectivity index (χ0) is 26.2. The number of Topliss-reactive ketones (excluding diaryl/α,β-unsaturated/α-hetero) is 2. The van der Waals surface area contributed by atoms with E-state index in [1.807, 2.05) is 6.26 Å². The lowest BCUT2D eigenvalue weighted by molar-refractivity contribution is -0.163. The molecule has 0 spiro atoms. The zero-order valence-electron chi connectivity index (χ0n) is 20.1. The molecule has 0 saturated heterocycles. The molecule has 10 nitrogen and oxygen atoms in total. The van der Waals surface area contributed by atoms with Gasteiger partial charge in [0.05, 0.1) is 18.6 Å². The number of carbonyl (C=O) groups excluding carboxylic acids is 3. The van der Waals surface area contributed by atoms with E-state index in [-0.39, 0.29) is 36.3 Å². The number of aliphatic hydroxyl groups excluding tert-OH is 2. The molecule has 0 radical (unpaired) electrons. The third-order valence-corrected chi connectivity index (χ3v) is 7.79. The smallest absolute Gasteiger partial charge is 0.225 e. The van der Waals surface area contributed by atoms with Gasteiger partial charge in [0.1, 0.15) is 11.5 Å². The van der Waals surface area contributed by atoms with E-state index in [0.29, 0.717) is 22.4 Å². The number of likely N-dealkylation sites (N-methyl/N-ethyl adjacent to an activating group) is 1. The number of nitrogens with two attached hydrogens (primary N) is 2. The number of phenolic OH excluding ortho intramolecular Hbond substituents is 1. The van der Waals surface area contributed by atoms with Gasteiger partial charge in [0, 0.05) is 35.4 Å². The Hall–Kier alpha value is -2.44. The highest BCUT2D eigenvalue weighted by Crippen LogP contribution is 2.50. The number of amides is 1. The fraction of sp³-hybridized carbons (Fsp3) is 0.542. The second kappa shape index (κ2) is 10.3. The summed E-state index contributed by atoms with van der Waals surface area (Å²) in [6.07, 6.45) is 1.28. The van der Waals surface area contributed by atoms with Gasteiger partial charge in [-0.25, -0.2) is 0 Å². The lowest BCUT2D eigenvalue weighted by atomic mass is 9.59. The van der Waals surface area contributed by atoms with Crippen LogP contribution in [0.2, 0.25) is 0 Å². The Morgan fingerprint density at radius 1 is 1.29 bits per heavy atom. The van der Waals surface area contributed by atoms with Crippen LogP contribution in [0.1, 0.15) is 35.1 Å². The number of hydrogen-bond acceptors (Lipinski definition) is 10. The SMILES string of the molecule is CSCc1cc(CN)c2c(c1O)C(O)=C1C(=O)C(O)(C(=O)CC(N)=O)C(C(CO)N(C)C)CC1C2. The Morgan fingerprint density at radius 3 is 2.46 bits per heavy atom. The van der Waals surface area contributed by atoms with E-state index in [1.54, 1.807) is 25.1 Å². The lowest BCUT2D eigenvalue weighted by Crippen LogP contribution is -2.64. The molecule has 192 valence electrons. The van der Waals surface area contributed by atoms with Gasteiger partial charge in [-0.3, -0.25) is 14.4 Å². The first-order valence-electron chi connectivity index (χ1n) is 11.3. The van der Waals surface area contributed by atoms with Crippen LogP contribution in [0.4, 0.5) is 0 Å². The summed E-state index contributed by atoms with van der Waals surface area (Å²) < 4.78 is 0. The van der Waals surface area contributed by atoms with Crippen LogP contribution in [0, 0.1) is 11.8 Å². The van der Waals surface area contributed by atoms with Gasteiger partial charge in [-0.15, -0.1) is 0 Å². The number of phenols is 1. The van der Waals surface area contributed by atoms with Crippen LogP contribution >= 0.6 is 11.8 Å². The molecule has 4 unspecified atom stereocenters. The largest absolute Gasteiger partial charge is 0.507 e. The molecule has 11 heteroatoms. The molecule has 35 heavy (non-hydrogen) atoms. The number of aliphatic hydroxyl groups is 3. The second-order valence-electron chi connectivity index (χ2n) is 9.41. The number of hydrogen-bond donors (Lipinski definition) is 6. The first-order valence-corrected chi connectivity index (χ1v) is 12.7. The van der Waals surface area contributed by atoms with Crippen molar-refractivity contribution in [2.45, 2.75) is 43.2 Å². The van der Waals surface area contributed by atoms with Crippen molar-refractivity contribution in [3.8, 4) is 5.75 Å². The molecule has 1 aromatic carbocycles. The van der Waals surface area contributed by atoms with Crippen molar-refractivity contribution < 1.29 is 34.8 Å². The number of fused-ring (bicyclic) bond motifs is 2. The highest BCUT2D eigenvalue weighted by atomic mass is 32.2. The van der Waals surface area contributed by atoms with Gasteiger partial charge < -0.3 is 36.8 Å². The van der Waals surface area contributed by atoms with Crippen molar-refractivity contribution in [1.29, 1.82) is 0 Å². The third-order valence-electron chi connectivity index (χ3n) is 7.19. The molecule has 2 aliphatic rings. The number of benzene rings is 1. The van der Waals surface area contributed by atoms with Crippen molar-refractivity contribution in [2.24, 2.45) is 23.3 Å². The standard InChI is InChI=1S/C24H33N3O7S/c1-27(2)16(9-28)15-6-11-5-14-12(8-25)4-13(10-35-3)21(31)20(14)22(32)19(11)23(33)24(15,34)17(29)7-18(26)30/h4,11,15-16,28,31-32,34H,5-10,25H2,1-3H3,(H2,26,30). The van der Waals surface area contributed by atoms with E-state index >= 15 is 0 Å². The molecular weight excluding hydrogens is 474 g/mol. The van der Waals surface area contributed by atoms with Crippen molar-refractivity contribution in [3.05, 3.63) is 33.9 Å². The summed E-state index contributed by atoms with van der Waals surface area (Å²) in [6.45, 7) is -0.312. The average Bonchev–Trinajstić information content (AvgIpc) is 2.78. The van der Waals surface area contributed by atoms with Crippen molar-refractivity contribution in [1.82, 2.24) is 4.90 Å². The maximum atomic E-state index is 13.8. The fourth-order valence-corrected chi connectivity index (χ4v) is 6.03. The fourth-order valence-electron chi connectivity index (χ4n) is 5.50. The van der Waals surface area contributed by atoms with Gasteiger partial charge in [0.25, 0.3) is 0 Å². The zero-order valence-corrected chi connectivity index (χ0v) is 20.9. The highest BCUT2D eigenvalue weighted by Gasteiger charge is 2.60. The number of carbonyl (C=O) groups is 3. The van der Waals surface area contributed by atoms with E-state index < -0.39 is 59.7 Å². The molecular formula is C24H33N3O7S. The van der Waals surface area contributed by atoms with Crippen molar-refractivity contribution in [2.75, 3.05) is 27.0 Å². The molecule has 1 saturated carbocycles. The molecule has 1 aromatic rings. The highest BCUT2D eigenvalue weighted by molar-refractivity contribution is 7.97. The van der Waals surface area contributed by atoms with E-state index in [1.165, 1.54) is 11.8 Å². The Balaban J connectivity index is 2.27. The number of nitrogens with zero attached hydrogens (tertiary/aromatic N) is 1. The van der Waals surface area contributed by atoms with Crippen LogP contribution in [0.3, 0.4) is 0 Å². The van der Waals surface area contributed by atoms with Gasteiger partial charge in [0.15, 0.2) is 11.4 Å². The molecule has 1 amide bonds. The molecule has 0 bridgehead atoms. The van der Waals surface area contributed by atoms with E-state index in [4.69, 9.17) is 11.5 Å². The number of primary amides is 1. The number of ketones is 2. The van der Waals surface area contributed by atoms with E-state index in [9.17, 15) is 34.8 Å². The summed E-state index contributed by atoms with van der Waals surface area (Å²) in [5.41, 5.74) is 10.2. The normalized spacial score (nSPS) is 24.8. The molecule has 3 rings (SSSR count). The molecule has 8 N–H and O–H groups in total. The van der Waals surface area contributed by atoms with Crippen LogP contribution in [-0.4, -0.2) is 81.4 Å². The summed E-state index contributed by atoms with van der Waals surface area (Å²) in [6, 6.07) is 0.992. The minimum atomic E-state index is -2.69. The molecule has 0 aliphatic heterocycles. The number of thioether (sulfide) groups is 1. The topological polar surface area (TPSA) is 187 Å². The van der Waals surface area contributed by atoms with Crippen LogP contribution in [0.15, 0.2) is 11.6 Å². The minimum Gasteiger partial charge on any atom is -0.507 e. The summed E-state index contributed by atoms with van der Waals surface area (Å²) >= 11 is 1.46. The summed E-state index contributed by atoms with van der Waals surface area (Å²) in [5.74, 6) is -5.07. The van der Waals surface area contributed by atoms with E-state index in [0.717, 1.165) is 0 Å². The lowest BCUT2D eigenvalue weighted by Gasteiger charge is -2.47. The van der Waals surface area contributed by atoms with Crippen molar-refractivity contribution >= 4 is 35.0 Å². The first-order chi connectivity index (χ1) is 16.4. The van der Waals surface area contributed by atoms with Crippen LogP contribution in [0.5, 0.6) is 5.75 Å². The molecule has 4 atom stereocenters. The Kier molecular flexibility index (Phi) is 7.97. The summed E-state index contributed by atoms with van der Waals surface area (Å²) in [5, 5.41) is 43.9. The van der Waals surface area contributed by atoms with Gasteiger partial charge in [-0.2, -0.15) is 11.8 Å². The monoisotopic (exact) mass is 507 g/mol. The van der Waals surface area contributed by atoms with Crippen LogP contribution in [0.25, 0.3) is 5.76 Å². The predicted molar refractivity (Wildman–Crippen MR) is 131 cm³/mol. The van der Waals surface area contributed by atoms with Gasteiger partial charge in [-0.1, -0.05) is 0 Å². The van der Waals surface area contributed by atoms with Gasteiger partial charge in [-0.05, 0) is 56.3 Å². The van der Waals surface area contributed by atoms with Crippen LogP contribution < -0.4 is 11.5 Å². The maximum Gasteiger partial charge on any atom is 0.225 e. The average molecular weight is 508 g/mol. The minimum absolute atomic E-state index is 0.0618. The second-order valence-corrected chi connectivity index (χ2v) is 10.3. The molecule has 0 aromatic heterocycles. The van der Waals surface area contributed by atoms with Gasteiger partial charge in [0.2, 0.25) is 11.7 Å². The summed E-state index contributed by atoms with van der Waals surface area (Å²) in [7, 11) is 3.28. The Bertz CT molecular complexity index is 1090. The quantitative estimate of drug-likeness (QED) is 0.245.